The highest BCUT2D eigenvalue weighted by atomic mass is 16.4. The van der Waals surface area contributed by atoms with Gasteiger partial charge in [0.1, 0.15) is 5.69 Å². The molecule has 1 aromatic rings. The maximum atomic E-state index is 12.6. The van der Waals surface area contributed by atoms with Crippen molar-refractivity contribution in [2.24, 2.45) is 11.8 Å². The molecule has 2 N–H and O–H groups in total. The van der Waals surface area contributed by atoms with Crippen molar-refractivity contribution in [3.63, 3.8) is 0 Å². The molecule has 0 spiro atoms. The Kier molecular flexibility index (Phi) is 3.88. The van der Waals surface area contributed by atoms with Gasteiger partial charge in [-0.2, -0.15) is 0 Å². The molecular formula is C15H22N2O3. The Morgan fingerprint density at radius 3 is 2.45 bits per heavy atom. The summed E-state index contributed by atoms with van der Waals surface area (Å²) in [6, 6.07) is 0. The molecule has 0 saturated carbocycles. The van der Waals surface area contributed by atoms with Gasteiger partial charge in [-0.3, -0.25) is 4.79 Å². The van der Waals surface area contributed by atoms with Crippen LogP contribution in [0.3, 0.4) is 0 Å². The lowest BCUT2D eigenvalue weighted by molar-refractivity contribution is 0.0690. The predicted octanol–water partition coefficient (Wildman–Crippen LogP) is 2.45. The van der Waals surface area contributed by atoms with Gasteiger partial charge in [0, 0.05) is 18.8 Å². The molecule has 1 aliphatic rings. The lowest BCUT2D eigenvalue weighted by Crippen LogP contribution is -2.30. The molecule has 20 heavy (non-hydrogen) atoms. The normalized spacial score (nSPS) is 18.9. The number of aryl methyl sites for hydroxylation is 1. The number of H-pyrrole nitrogens is 1. The Morgan fingerprint density at radius 1 is 1.35 bits per heavy atom. The Hall–Kier alpha value is -1.78. The van der Waals surface area contributed by atoms with Crippen LogP contribution in [0, 0.1) is 25.7 Å². The first-order valence-corrected chi connectivity index (χ1v) is 7.04. The molecule has 1 atom stereocenters. The highest BCUT2D eigenvalue weighted by molar-refractivity contribution is 6.00. The molecule has 5 heteroatoms. The first-order chi connectivity index (χ1) is 9.32. The summed E-state index contributed by atoms with van der Waals surface area (Å²) < 4.78 is 0. The summed E-state index contributed by atoms with van der Waals surface area (Å²) in [6.45, 7) is 9.32. The summed E-state index contributed by atoms with van der Waals surface area (Å²) in [5.41, 5.74) is 1.81. The zero-order valence-electron chi connectivity index (χ0n) is 12.5. The van der Waals surface area contributed by atoms with Crippen LogP contribution in [0.4, 0.5) is 0 Å². The highest BCUT2D eigenvalue weighted by Gasteiger charge is 2.31. The van der Waals surface area contributed by atoms with Crippen molar-refractivity contribution >= 4 is 11.9 Å². The Bertz CT molecular complexity index is 546. The van der Waals surface area contributed by atoms with Crippen LogP contribution < -0.4 is 0 Å². The Labute approximate surface area is 119 Å². The molecule has 0 radical (unpaired) electrons. The number of aromatic carboxylic acids is 1. The van der Waals surface area contributed by atoms with E-state index in [0.717, 1.165) is 19.5 Å². The quantitative estimate of drug-likeness (QED) is 0.892. The molecule has 2 heterocycles. The molecule has 0 aromatic carbocycles. The number of amides is 1. The molecule has 1 amide bonds. The number of carboxylic acids is 1. The fourth-order valence-electron chi connectivity index (χ4n) is 2.96. The molecule has 0 aliphatic carbocycles. The number of aromatic nitrogens is 1. The molecule has 1 fully saturated rings. The third-order valence-corrected chi connectivity index (χ3v) is 4.32. The van der Waals surface area contributed by atoms with E-state index in [1.807, 2.05) is 4.90 Å². The van der Waals surface area contributed by atoms with Gasteiger partial charge in [-0.25, -0.2) is 4.79 Å². The van der Waals surface area contributed by atoms with Crippen LogP contribution in [0.25, 0.3) is 0 Å². The molecule has 5 nitrogen and oxygen atoms in total. The van der Waals surface area contributed by atoms with Crippen molar-refractivity contribution in [1.82, 2.24) is 9.88 Å². The van der Waals surface area contributed by atoms with E-state index in [9.17, 15) is 9.59 Å². The van der Waals surface area contributed by atoms with E-state index in [1.165, 1.54) is 0 Å². The summed E-state index contributed by atoms with van der Waals surface area (Å²) >= 11 is 0. The number of nitrogens with one attached hydrogen (secondary N) is 1. The molecule has 1 aromatic heterocycles. The second-order valence-corrected chi connectivity index (χ2v) is 5.97. The van der Waals surface area contributed by atoms with Gasteiger partial charge in [0.25, 0.3) is 5.91 Å². The average molecular weight is 278 g/mol. The van der Waals surface area contributed by atoms with Crippen LogP contribution in [0.1, 0.15) is 52.4 Å². The second-order valence-electron chi connectivity index (χ2n) is 5.97. The fourth-order valence-corrected chi connectivity index (χ4v) is 2.96. The van der Waals surface area contributed by atoms with Crippen molar-refractivity contribution in [3.05, 3.63) is 22.5 Å². The monoisotopic (exact) mass is 278 g/mol. The van der Waals surface area contributed by atoms with Crippen molar-refractivity contribution in [2.45, 2.75) is 34.1 Å². The van der Waals surface area contributed by atoms with E-state index in [2.05, 4.69) is 18.8 Å². The Morgan fingerprint density at radius 2 is 2.00 bits per heavy atom. The molecule has 2 rings (SSSR count). The van der Waals surface area contributed by atoms with Crippen LogP contribution >= 0.6 is 0 Å². The second kappa shape index (κ2) is 5.31. The molecule has 1 unspecified atom stereocenters. The van der Waals surface area contributed by atoms with Gasteiger partial charge in [0.2, 0.25) is 0 Å². The summed E-state index contributed by atoms with van der Waals surface area (Å²) in [6.07, 6.45) is 1.03. The predicted molar refractivity (Wildman–Crippen MR) is 76.1 cm³/mol. The number of carbonyl (C=O) groups is 2. The highest BCUT2D eigenvalue weighted by Crippen LogP contribution is 2.27. The molecule has 110 valence electrons. The lowest BCUT2D eigenvalue weighted by Gasteiger charge is -2.18. The SMILES string of the molecule is Cc1[nH]c(C(=O)O)c(C)c1C(=O)N1CCC(C(C)C)C1. The molecule has 1 aliphatic heterocycles. The lowest BCUT2D eigenvalue weighted by atomic mass is 9.95. The summed E-state index contributed by atoms with van der Waals surface area (Å²) in [4.78, 5) is 28.4. The van der Waals surface area contributed by atoms with Crippen LogP contribution in [-0.4, -0.2) is 40.0 Å². The van der Waals surface area contributed by atoms with Gasteiger partial charge in [-0.1, -0.05) is 13.8 Å². The van der Waals surface area contributed by atoms with E-state index in [-0.39, 0.29) is 11.6 Å². The van der Waals surface area contributed by atoms with Gasteiger partial charge in [0.15, 0.2) is 0 Å². The Balaban J connectivity index is 2.25. The molecular weight excluding hydrogens is 256 g/mol. The number of rotatable bonds is 3. The van der Waals surface area contributed by atoms with Crippen LogP contribution in [-0.2, 0) is 0 Å². The van der Waals surface area contributed by atoms with E-state index >= 15 is 0 Å². The number of aromatic amines is 1. The average Bonchev–Trinajstić information content (AvgIpc) is 2.94. The topological polar surface area (TPSA) is 73.4 Å². The van der Waals surface area contributed by atoms with Crippen LogP contribution in [0.5, 0.6) is 0 Å². The van der Waals surface area contributed by atoms with Crippen LogP contribution in [0.15, 0.2) is 0 Å². The zero-order chi connectivity index (χ0) is 15.0. The maximum absolute atomic E-state index is 12.6. The minimum absolute atomic E-state index is 0.0492. The standard InChI is InChI=1S/C15H22N2O3/c1-8(2)11-5-6-17(7-11)14(18)12-9(3)13(15(19)20)16-10(12)4/h8,11,16H,5-7H2,1-4H3,(H,19,20). The van der Waals surface area contributed by atoms with E-state index < -0.39 is 5.97 Å². The third kappa shape index (κ3) is 2.44. The number of hydrogen-bond donors (Lipinski definition) is 2. The van der Waals surface area contributed by atoms with E-state index in [4.69, 9.17) is 5.11 Å². The van der Waals surface area contributed by atoms with Crippen molar-refractivity contribution in [1.29, 1.82) is 0 Å². The maximum Gasteiger partial charge on any atom is 0.352 e. The van der Waals surface area contributed by atoms with Gasteiger partial charge < -0.3 is 15.0 Å². The summed E-state index contributed by atoms with van der Waals surface area (Å²) in [7, 11) is 0. The number of carbonyl (C=O) groups excluding carboxylic acids is 1. The fraction of sp³-hybridized carbons (Fsp3) is 0.600. The van der Waals surface area contributed by atoms with Crippen molar-refractivity contribution in [2.75, 3.05) is 13.1 Å². The van der Waals surface area contributed by atoms with E-state index in [0.29, 0.717) is 28.7 Å². The number of hydrogen-bond acceptors (Lipinski definition) is 2. The largest absolute Gasteiger partial charge is 0.477 e. The first kappa shape index (κ1) is 14.6. The molecule has 0 bridgehead atoms. The van der Waals surface area contributed by atoms with E-state index in [1.54, 1.807) is 13.8 Å². The smallest absolute Gasteiger partial charge is 0.352 e. The van der Waals surface area contributed by atoms with Gasteiger partial charge in [-0.05, 0) is 37.7 Å². The summed E-state index contributed by atoms with van der Waals surface area (Å²) in [5, 5.41) is 9.11. The van der Waals surface area contributed by atoms with Crippen LogP contribution in [0.2, 0.25) is 0 Å². The minimum Gasteiger partial charge on any atom is -0.477 e. The molecule has 1 saturated heterocycles. The number of carboxylic acid groups (broad SMARTS) is 1. The van der Waals surface area contributed by atoms with Gasteiger partial charge >= 0.3 is 5.97 Å². The first-order valence-electron chi connectivity index (χ1n) is 7.04. The van der Waals surface area contributed by atoms with Gasteiger partial charge in [0.05, 0.1) is 5.56 Å². The third-order valence-electron chi connectivity index (χ3n) is 4.32. The summed E-state index contributed by atoms with van der Waals surface area (Å²) in [5.74, 6) is 0.0336. The van der Waals surface area contributed by atoms with Gasteiger partial charge in [-0.15, -0.1) is 0 Å². The zero-order valence-corrected chi connectivity index (χ0v) is 12.5. The van der Waals surface area contributed by atoms with Crippen molar-refractivity contribution in [3.8, 4) is 0 Å². The van der Waals surface area contributed by atoms with Crippen molar-refractivity contribution < 1.29 is 14.7 Å². The number of nitrogens with zero attached hydrogens (tertiary/aromatic N) is 1. The number of likely N-dealkylation sites (tertiary alicyclic amines) is 1. The minimum atomic E-state index is -1.02.